The van der Waals surface area contributed by atoms with E-state index in [2.05, 4.69) is 34.5 Å². The van der Waals surface area contributed by atoms with Gasteiger partial charge in [0.2, 0.25) is 0 Å². The number of rotatable bonds is 7. The summed E-state index contributed by atoms with van der Waals surface area (Å²) >= 11 is 1.77. The molecule has 1 aromatic rings. The molecule has 1 aliphatic rings. The Kier molecular flexibility index (Phi) is 11.2. The van der Waals surface area contributed by atoms with Crippen molar-refractivity contribution in [2.45, 2.75) is 70.7 Å². The van der Waals surface area contributed by atoms with Crippen molar-refractivity contribution in [3.8, 4) is 0 Å². The van der Waals surface area contributed by atoms with Crippen molar-refractivity contribution in [2.75, 3.05) is 12.8 Å². The zero-order valence-electron chi connectivity index (χ0n) is 16.3. The lowest BCUT2D eigenvalue weighted by Crippen LogP contribution is -2.46. The quantitative estimate of drug-likeness (QED) is 0.332. The lowest BCUT2D eigenvalue weighted by atomic mass is 9.95. The molecule has 1 saturated carbocycles. The number of hydrogen-bond acceptors (Lipinski definition) is 4. The highest BCUT2D eigenvalue weighted by atomic mass is 127. The van der Waals surface area contributed by atoms with Crippen molar-refractivity contribution < 1.29 is 4.21 Å². The highest BCUT2D eigenvalue weighted by Crippen LogP contribution is 2.23. The van der Waals surface area contributed by atoms with Gasteiger partial charge in [-0.2, -0.15) is 0 Å². The molecule has 5 nitrogen and oxygen atoms in total. The molecule has 0 bridgehead atoms. The summed E-state index contributed by atoms with van der Waals surface area (Å²) < 4.78 is 12.1. The van der Waals surface area contributed by atoms with Crippen LogP contribution in [0.25, 0.3) is 0 Å². The van der Waals surface area contributed by atoms with Crippen molar-refractivity contribution in [1.82, 2.24) is 15.6 Å². The van der Waals surface area contributed by atoms with E-state index in [4.69, 9.17) is 0 Å². The highest BCUT2D eigenvalue weighted by molar-refractivity contribution is 14.0. The van der Waals surface area contributed by atoms with Gasteiger partial charge in [-0.05, 0) is 25.2 Å². The Morgan fingerprint density at radius 1 is 1.46 bits per heavy atom. The molecule has 0 spiro atoms. The normalized spacial score (nSPS) is 22.0. The summed E-state index contributed by atoms with van der Waals surface area (Å²) in [6.07, 6.45) is 7.32. The van der Waals surface area contributed by atoms with Crippen LogP contribution in [0, 0.1) is 5.92 Å². The van der Waals surface area contributed by atoms with Crippen molar-refractivity contribution >= 4 is 52.1 Å². The number of guanidine groups is 1. The van der Waals surface area contributed by atoms with Crippen LogP contribution in [0.2, 0.25) is 0 Å². The Morgan fingerprint density at radius 2 is 2.23 bits per heavy atom. The van der Waals surface area contributed by atoms with Gasteiger partial charge in [-0.15, -0.1) is 35.3 Å². The van der Waals surface area contributed by atoms with E-state index in [0.717, 1.165) is 50.4 Å². The van der Waals surface area contributed by atoms with Gasteiger partial charge in [-0.25, -0.2) is 4.98 Å². The van der Waals surface area contributed by atoms with E-state index in [1.807, 2.05) is 13.1 Å². The summed E-state index contributed by atoms with van der Waals surface area (Å²) in [7, 11) is 1.11. The zero-order chi connectivity index (χ0) is 18.2. The molecule has 0 saturated heterocycles. The van der Waals surface area contributed by atoms with Crippen molar-refractivity contribution in [3.05, 3.63) is 16.1 Å². The number of hydrogen-bond donors (Lipinski definition) is 2. The number of nitrogens with one attached hydrogen (secondary N) is 2. The predicted molar refractivity (Wildman–Crippen MR) is 124 cm³/mol. The van der Waals surface area contributed by atoms with Crippen molar-refractivity contribution in [1.29, 1.82) is 0 Å². The number of halogens is 1. The van der Waals surface area contributed by atoms with Gasteiger partial charge in [0.15, 0.2) is 5.96 Å². The average molecular weight is 513 g/mol. The third-order valence-electron chi connectivity index (χ3n) is 4.46. The van der Waals surface area contributed by atoms with Crippen LogP contribution >= 0.6 is 35.3 Å². The van der Waals surface area contributed by atoms with E-state index in [1.54, 1.807) is 18.4 Å². The predicted octanol–water partition coefficient (Wildman–Crippen LogP) is 3.70. The number of nitrogens with zero attached hydrogens (tertiary/aromatic N) is 2. The molecule has 1 fully saturated rings. The van der Waals surface area contributed by atoms with Crippen LogP contribution in [0.3, 0.4) is 0 Å². The zero-order valence-corrected chi connectivity index (χ0v) is 20.2. The molecule has 0 aliphatic heterocycles. The number of aliphatic imine (C=N–C) groups is 1. The molecule has 8 heteroatoms. The van der Waals surface area contributed by atoms with Gasteiger partial charge in [0.1, 0.15) is 0 Å². The van der Waals surface area contributed by atoms with Crippen LogP contribution in [0.5, 0.6) is 0 Å². The smallest absolute Gasteiger partial charge is 0.191 e. The maximum absolute atomic E-state index is 12.1. The first-order chi connectivity index (χ1) is 12.0. The molecular formula is C18H33IN4OS2. The van der Waals surface area contributed by atoms with Gasteiger partial charge in [-0.3, -0.25) is 9.20 Å². The van der Waals surface area contributed by atoms with E-state index in [-0.39, 0.29) is 24.0 Å². The van der Waals surface area contributed by atoms with Crippen molar-refractivity contribution in [2.24, 2.45) is 10.9 Å². The molecule has 0 radical (unpaired) electrons. The molecule has 0 amide bonds. The van der Waals surface area contributed by atoms with E-state index >= 15 is 0 Å². The van der Waals surface area contributed by atoms with Gasteiger partial charge in [0.05, 0.1) is 11.6 Å². The fourth-order valence-corrected chi connectivity index (χ4v) is 5.61. The first-order valence-corrected chi connectivity index (χ1v) is 11.5. The summed E-state index contributed by atoms with van der Waals surface area (Å²) in [5.41, 5.74) is 0. The lowest BCUT2D eigenvalue weighted by molar-refractivity contribution is 0.413. The Labute approximate surface area is 181 Å². The molecular weight excluding hydrogens is 479 g/mol. The Balaban J connectivity index is 0.00000338. The van der Waals surface area contributed by atoms with E-state index in [9.17, 15) is 4.21 Å². The Bertz CT molecular complexity index is 592. The Hall–Kier alpha value is -0.220. The summed E-state index contributed by atoms with van der Waals surface area (Å²) in [4.78, 5) is 10.1. The third-order valence-corrected chi connectivity index (χ3v) is 7.22. The number of thiazole rings is 1. The Morgan fingerprint density at radius 3 is 2.88 bits per heavy atom. The summed E-state index contributed by atoms with van der Waals surface area (Å²) in [6.45, 7) is 7.19. The van der Waals surface area contributed by atoms with Gasteiger partial charge in [-0.1, -0.05) is 27.2 Å². The number of aromatic nitrogens is 1. The van der Waals surface area contributed by atoms with Crippen LogP contribution < -0.4 is 10.6 Å². The lowest BCUT2D eigenvalue weighted by Gasteiger charge is -2.30. The van der Waals surface area contributed by atoms with Crippen LogP contribution in [0.1, 0.15) is 56.3 Å². The minimum Gasteiger partial charge on any atom is -0.354 e. The third kappa shape index (κ3) is 7.80. The molecule has 3 unspecified atom stereocenters. The molecule has 26 heavy (non-hydrogen) atoms. The van der Waals surface area contributed by atoms with Gasteiger partial charge < -0.3 is 10.6 Å². The first kappa shape index (κ1) is 23.8. The summed E-state index contributed by atoms with van der Waals surface area (Å²) in [5.74, 6) is 2.22. The van der Waals surface area contributed by atoms with E-state index in [0.29, 0.717) is 17.2 Å². The minimum atomic E-state index is -0.694. The second kappa shape index (κ2) is 12.3. The largest absolute Gasteiger partial charge is 0.354 e. The second-order valence-corrected chi connectivity index (χ2v) is 10.2. The fourth-order valence-electron chi connectivity index (χ4n) is 3.18. The first-order valence-electron chi connectivity index (χ1n) is 9.29. The average Bonchev–Trinajstić information content (AvgIpc) is 3.04. The summed E-state index contributed by atoms with van der Waals surface area (Å²) in [6, 6.07) is 0.360. The molecule has 3 atom stereocenters. The highest BCUT2D eigenvalue weighted by Gasteiger charge is 2.26. The SMILES string of the molecule is CCS(=O)C1CCCC(NC(=NC)NCc2cnc(CC(C)C)s2)C1.I. The van der Waals surface area contributed by atoms with E-state index in [1.165, 1.54) is 9.88 Å². The van der Waals surface area contributed by atoms with Crippen LogP contribution in [0.15, 0.2) is 11.2 Å². The van der Waals surface area contributed by atoms with E-state index < -0.39 is 10.8 Å². The van der Waals surface area contributed by atoms with Crippen LogP contribution in [-0.4, -0.2) is 39.2 Å². The van der Waals surface area contributed by atoms with Gasteiger partial charge in [0, 0.05) is 52.4 Å². The molecule has 1 aromatic heterocycles. The molecule has 2 N–H and O–H groups in total. The van der Waals surface area contributed by atoms with Crippen LogP contribution in [0.4, 0.5) is 0 Å². The summed E-state index contributed by atoms with van der Waals surface area (Å²) in [5, 5.41) is 8.43. The molecule has 1 aliphatic carbocycles. The van der Waals surface area contributed by atoms with Gasteiger partial charge in [0.25, 0.3) is 0 Å². The second-order valence-electron chi connectivity index (χ2n) is 7.04. The topological polar surface area (TPSA) is 66.4 Å². The monoisotopic (exact) mass is 512 g/mol. The minimum absolute atomic E-state index is 0. The molecule has 150 valence electrons. The maximum atomic E-state index is 12.1. The fraction of sp³-hybridized carbons (Fsp3) is 0.778. The molecule has 2 rings (SSSR count). The van der Waals surface area contributed by atoms with Gasteiger partial charge >= 0.3 is 0 Å². The van der Waals surface area contributed by atoms with Crippen molar-refractivity contribution in [3.63, 3.8) is 0 Å². The molecule has 0 aromatic carbocycles. The molecule has 1 heterocycles. The maximum Gasteiger partial charge on any atom is 0.191 e. The standard InChI is InChI=1S/C18H32N4OS2.HI/c1-5-25(23)16-8-6-7-14(10-16)22-18(19-4)21-12-15-11-20-17(24-15)9-13(2)3;/h11,13-14,16H,5-10,12H2,1-4H3,(H2,19,21,22);1H. The van der Waals surface area contributed by atoms with Crippen LogP contribution in [-0.2, 0) is 23.8 Å².